The summed E-state index contributed by atoms with van der Waals surface area (Å²) in [6, 6.07) is 3.30. The van der Waals surface area contributed by atoms with Gasteiger partial charge in [0.15, 0.2) is 0 Å². The third-order valence-corrected chi connectivity index (χ3v) is 5.32. The first-order chi connectivity index (χ1) is 12.2. The number of nitrogens with one attached hydrogen (secondary N) is 2. The number of tetrazole rings is 1. The van der Waals surface area contributed by atoms with Crippen molar-refractivity contribution in [3.05, 3.63) is 22.4 Å². The zero-order valence-electron chi connectivity index (χ0n) is 13.4. The number of thiophene rings is 1. The first-order valence-electron chi connectivity index (χ1n) is 7.81. The van der Waals surface area contributed by atoms with Crippen LogP contribution in [0.4, 0.5) is 4.79 Å². The standard InChI is InChI=1S/C14H18N6O3S2/c21-12(16-13(22)15-7-11-4-2-6-24-11)9-25-14-17-18-19-20(14)8-10-3-1-5-23-10/h2,4,6,10H,1,3,5,7-9H2,(H2,15,16,21,22). The Bertz CT molecular complexity index is 699. The quantitative estimate of drug-likeness (QED) is 0.688. The molecule has 25 heavy (non-hydrogen) atoms. The van der Waals surface area contributed by atoms with Crippen LogP contribution in [0, 0.1) is 0 Å². The molecule has 0 aromatic carbocycles. The summed E-state index contributed by atoms with van der Waals surface area (Å²) in [6.45, 7) is 1.72. The van der Waals surface area contributed by atoms with E-state index in [0.29, 0.717) is 18.2 Å². The summed E-state index contributed by atoms with van der Waals surface area (Å²) in [6.07, 6.45) is 2.13. The molecule has 3 rings (SSSR count). The molecule has 1 aliphatic rings. The highest BCUT2D eigenvalue weighted by atomic mass is 32.2. The van der Waals surface area contributed by atoms with Crippen LogP contribution in [0.1, 0.15) is 17.7 Å². The normalized spacial score (nSPS) is 16.7. The molecular weight excluding hydrogens is 364 g/mol. The summed E-state index contributed by atoms with van der Waals surface area (Å²) in [5, 5.41) is 18.9. The van der Waals surface area contributed by atoms with Gasteiger partial charge in [0.2, 0.25) is 11.1 Å². The summed E-state index contributed by atoms with van der Waals surface area (Å²) < 4.78 is 7.19. The van der Waals surface area contributed by atoms with E-state index in [-0.39, 0.29) is 11.9 Å². The molecule has 0 aliphatic carbocycles. The Morgan fingerprint density at radius 2 is 2.40 bits per heavy atom. The minimum Gasteiger partial charge on any atom is -0.376 e. The molecule has 3 amide bonds. The van der Waals surface area contributed by atoms with Gasteiger partial charge in [-0.15, -0.1) is 16.4 Å². The van der Waals surface area contributed by atoms with Gasteiger partial charge < -0.3 is 10.1 Å². The van der Waals surface area contributed by atoms with Gasteiger partial charge in [0.25, 0.3) is 0 Å². The van der Waals surface area contributed by atoms with Crippen molar-refractivity contribution < 1.29 is 14.3 Å². The van der Waals surface area contributed by atoms with Crippen LogP contribution in [0.3, 0.4) is 0 Å². The molecular formula is C14H18N6O3S2. The van der Waals surface area contributed by atoms with Crippen LogP contribution < -0.4 is 10.6 Å². The van der Waals surface area contributed by atoms with E-state index < -0.39 is 11.9 Å². The van der Waals surface area contributed by atoms with Gasteiger partial charge in [0.1, 0.15) is 0 Å². The van der Waals surface area contributed by atoms with E-state index in [0.717, 1.165) is 24.3 Å². The molecule has 1 atom stereocenters. The molecule has 0 bridgehead atoms. The van der Waals surface area contributed by atoms with Crippen molar-refractivity contribution in [2.45, 2.75) is 37.2 Å². The Balaban J connectivity index is 1.40. The molecule has 1 fully saturated rings. The zero-order valence-corrected chi connectivity index (χ0v) is 15.0. The van der Waals surface area contributed by atoms with E-state index in [1.54, 1.807) is 16.0 Å². The maximum atomic E-state index is 11.9. The number of rotatable bonds is 7. The number of thioether (sulfide) groups is 1. The lowest BCUT2D eigenvalue weighted by Crippen LogP contribution is -2.39. The lowest BCUT2D eigenvalue weighted by atomic mass is 10.2. The molecule has 1 unspecified atom stereocenters. The van der Waals surface area contributed by atoms with Crippen LogP contribution in [0.15, 0.2) is 22.7 Å². The molecule has 9 nitrogen and oxygen atoms in total. The molecule has 11 heteroatoms. The number of hydrogen-bond acceptors (Lipinski definition) is 8. The van der Waals surface area contributed by atoms with Gasteiger partial charge in [-0.1, -0.05) is 17.8 Å². The van der Waals surface area contributed by atoms with Gasteiger partial charge in [-0.05, 0) is 34.7 Å². The lowest BCUT2D eigenvalue weighted by Gasteiger charge is -2.10. The maximum absolute atomic E-state index is 11.9. The lowest BCUT2D eigenvalue weighted by molar-refractivity contribution is -0.117. The predicted octanol–water partition coefficient (Wildman–Crippen LogP) is 1.03. The largest absolute Gasteiger partial charge is 0.376 e. The van der Waals surface area contributed by atoms with E-state index >= 15 is 0 Å². The predicted molar refractivity (Wildman–Crippen MR) is 92.2 cm³/mol. The fourth-order valence-corrected chi connectivity index (χ4v) is 3.64. The summed E-state index contributed by atoms with van der Waals surface area (Å²) in [7, 11) is 0. The number of carbonyl (C=O) groups is 2. The Labute approximate surface area is 152 Å². The first kappa shape index (κ1) is 17.8. The average molecular weight is 382 g/mol. The number of carbonyl (C=O) groups excluding carboxylic acids is 2. The second-order valence-electron chi connectivity index (χ2n) is 5.38. The summed E-state index contributed by atoms with van der Waals surface area (Å²) in [4.78, 5) is 24.6. The van der Waals surface area contributed by atoms with Gasteiger partial charge in [0, 0.05) is 11.5 Å². The fourth-order valence-electron chi connectivity index (χ4n) is 2.31. The van der Waals surface area contributed by atoms with Gasteiger partial charge in [-0.2, -0.15) is 0 Å². The molecule has 2 aromatic heterocycles. The highest BCUT2D eigenvalue weighted by Crippen LogP contribution is 2.18. The molecule has 1 aliphatic heterocycles. The topological polar surface area (TPSA) is 111 Å². The van der Waals surface area contributed by atoms with Gasteiger partial charge in [-0.3, -0.25) is 10.1 Å². The number of urea groups is 1. The summed E-state index contributed by atoms with van der Waals surface area (Å²) in [5.41, 5.74) is 0. The zero-order chi connectivity index (χ0) is 17.5. The van der Waals surface area contributed by atoms with Crippen molar-refractivity contribution in [1.82, 2.24) is 30.8 Å². The van der Waals surface area contributed by atoms with E-state index in [2.05, 4.69) is 26.2 Å². The van der Waals surface area contributed by atoms with Crippen molar-refractivity contribution in [3.8, 4) is 0 Å². The average Bonchev–Trinajstić information content (AvgIpc) is 3.35. The molecule has 2 aromatic rings. The van der Waals surface area contributed by atoms with Gasteiger partial charge in [-0.25, -0.2) is 9.48 Å². The van der Waals surface area contributed by atoms with E-state index in [1.165, 1.54) is 11.8 Å². The smallest absolute Gasteiger partial charge is 0.321 e. The van der Waals surface area contributed by atoms with Gasteiger partial charge >= 0.3 is 6.03 Å². The minimum absolute atomic E-state index is 0.0539. The van der Waals surface area contributed by atoms with Crippen molar-refractivity contribution in [1.29, 1.82) is 0 Å². The molecule has 2 N–H and O–H groups in total. The van der Waals surface area contributed by atoms with Crippen LogP contribution in [0.2, 0.25) is 0 Å². The molecule has 0 spiro atoms. The summed E-state index contributed by atoms with van der Waals surface area (Å²) >= 11 is 2.72. The van der Waals surface area contributed by atoms with Gasteiger partial charge in [0.05, 0.1) is 24.9 Å². The SMILES string of the molecule is O=C(CSc1nnnn1CC1CCCO1)NC(=O)NCc1cccs1. The maximum Gasteiger partial charge on any atom is 0.321 e. The van der Waals surface area contributed by atoms with E-state index in [9.17, 15) is 9.59 Å². The molecule has 0 radical (unpaired) electrons. The second-order valence-corrected chi connectivity index (χ2v) is 7.35. The highest BCUT2D eigenvalue weighted by Gasteiger charge is 2.19. The Kier molecular flexibility index (Phi) is 6.36. The Morgan fingerprint density at radius 3 is 3.16 bits per heavy atom. The first-order valence-corrected chi connectivity index (χ1v) is 9.68. The number of ether oxygens (including phenoxy) is 1. The molecule has 3 heterocycles. The van der Waals surface area contributed by atoms with Crippen molar-refractivity contribution in [2.75, 3.05) is 12.4 Å². The number of amides is 3. The number of nitrogens with zero attached hydrogens (tertiary/aromatic N) is 4. The monoisotopic (exact) mass is 382 g/mol. The van der Waals surface area contributed by atoms with Crippen molar-refractivity contribution in [2.24, 2.45) is 0 Å². The second kappa shape index (κ2) is 8.92. The third kappa shape index (κ3) is 5.51. The number of aromatic nitrogens is 4. The molecule has 0 saturated carbocycles. The highest BCUT2D eigenvalue weighted by molar-refractivity contribution is 7.99. The van der Waals surface area contributed by atoms with Crippen LogP contribution in [-0.4, -0.2) is 50.6 Å². The number of hydrogen-bond donors (Lipinski definition) is 2. The number of imide groups is 1. The fraction of sp³-hybridized carbons (Fsp3) is 0.500. The minimum atomic E-state index is -0.516. The summed E-state index contributed by atoms with van der Waals surface area (Å²) in [5.74, 6) is -0.349. The van der Waals surface area contributed by atoms with Crippen LogP contribution in [0.25, 0.3) is 0 Å². The van der Waals surface area contributed by atoms with E-state index in [1.807, 2.05) is 17.5 Å². The molecule has 1 saturated heterocycles. The van der Waals surface area contributed by atoms with Crippen LogP contribution in [0.5, 0.6) is 0 Å². The van der Waals surface area contributed by atoms with Crippen LogP contribution >= 0.6 is 23.1 Å². The van der Waals surface area contributed by atoms with E-state index in [4.69, 9.17) is 4.74 Å². The third-order valence-electron chi connectivity index (χ3n) is 3.49. The van der Waals surface area contributed by atoms with Crippen molar-refractivity contribution in [3.63, 3.8) is 0 Å². The Hall–Kier alpha value is -1.98. The van der Waals surface area contributed by atoms with Crippen LogP contribution in [-0.2, 0) is 22.6 Å². The Morgan fingerprint density at radius 1 is 1.48 bits per heavy atom. The van der Waals surface area contributed by atoms with Crippen molar-refractivity contribution >= 4 is 35.0 Å². The molecule has 134 valence electrons.